The summed E-state index contributed by atoms with van der Waals surface area (Å²) in [5, 5.41) is 3.86. The molecule has 10 aromatic rings. The maximum absolute atomic E-state index is 5.41. The molecule has 0 N–H and O–H groups in total. The van der Waals surface area contributed by atoms with Crippen LogP contribution in [0.1, 0.15) is 11.4 Å². The van der Waals surface area contributed by atoms with Crippen molar-refractivity contribution in [2.45, 2.75) is 0 Å². The Kier molecular flexibility index (Phi) is 6.54. The molecule has 0 atom stereocenters. The third kappa shape index (κ3) is 4.42. The van der Waals surface area contributed by atoms with Gasteiger partial charge >= 0.3 is 16.5 Å². The van der Waals surface area contributed by atoms with Crippen molar-refractivity contribution in [1.82, 2.24) is 29.9 Å². The van der Waals surface area contributed by atoms with Gasteiger partial charge in [0.15, 0.2) is 0 Å². The second-order valence-electron chi connectivity index (χ2n) is 12.6. The van der Waals surface area contributed by atoms with Crippen LogP contribution in [0.5, 0.6) is 0 Å². The molecule has 0 spiro atoms. The zero-order valence-electron chi connectivity index (χ0n) is 26.9. The summed E-state index contributed by atoms with van der Waals surface area (Å²) in [6.07, 6.45) is 4.20. The monoisotopic (exact) mass is 694 g/mol. The van der Waals surface area contributed by atoms with Crippen molar-refractivity contribution in [2.75, 3.05) is 0 Å². The number of fused-ring (bicyclic) bond motifs is 13. The summed E-state index contributed by atoms with van der Waals surface area (Å²) in [5.41, 5.74) is 13.8. The van der Waals surface area contributed by atoms with Gasteiger partial charge in [-0.15, -0.1) is 22.1 Å². The van der Waals surface area contributed by atoms with Gasteiger partial charge < -0.3 is 9.97 Å². The largest absolute Gasteiger partial charge is 2.00 e. The maximum atomic E-state index is 5.41. The molecule has 0 fully saturated rings. The molecule has 1 aliphatic heterocycles. The van der Waals surface area contributed by atoms with E-state index in [-0.39, 0.29) is 16.5 Å². The second kappa shape index (κ2) is 11.3. The van der Waals surface area contributed by atoms with Gasteiger partial charge in [-0.2, -0.15) is 0 Å². The van der Waals surface area contributed by atoms with E-state index >= 15 is 0 Å². The number of para-hydroxylation sites is 2. The van der Waals surface area contributed by atoms with E-state index in [2.05, 4.69) is 97.1 Å². The fourth-order valence-electron chi connectivity index (χ4n) is 7.57. The van der Waals surface area contributed by atoms with Gasteiger partial charge in [-0.3, -0.25) is 0 Å². The van der Waals surface area contributed by atoms with Gasteiger partial charge in [-0.25, -0.2) is 19.9 Å². The number of benzene rings is 4. The maximum Gasteiger partial charge on any atom is 2.00 e. The summed E-state index contributed by atoms with van der Waals surface area (Å²) in [6.45, 7) is 0. The first kappa shape index (κ1) is 29.5. The molecule has 0 amide bonds. The van der Waals surface area contributed by atoms with Crippen LogP contribution >= 0.6 is 0 Å². The summed E-state index contributed by atoms with van der Waals surface area (Å²) in [6, 6.07) is 45.6. The molecule has 0 saturated carbocycles. The third-order valence-corrected chi connectivity index (χ3v) is 9.76. The van der Waals surface area contributed by atoms with E-state index in [1.54, 1.807) is 0 Å². The van der Waals surface area contributed by atoms with Crippen LogP contribution in [-0.2, 0) is 16.5 Å². The van der Waals surface area contributed by atoms with Crippen molar-refractivity contribution in [3.05, 3.63) is 145 Å². The number of hydrogen-bond donors (Lipinski definition) is 0. The molecule has 51 heavy (non-hydrogen) atoms. The van der Waals surface area contributed by atoms with E-state index in [0.29, 0.717) is 0 Å². The van der Waals surface area contributed by atoms with Crippen LogP contribution < -0.4 is 9.97 Å². The number of aromatic nitrogens is 6. The zero-order chi connectivity index (χ0) is 32.8. The Hall–Kier alpha value is -6.43. The molecule has 1 aliphatic rings. The predicted octanol–water partition coefficient (Wildman–Crippen LogP) is 10.2. The Labute approximate surface area is 301 Å². The van der Waals surface area contributed by atoms with Gasteiger partial charge in [0.05, 0.1) is 33.5 Å². The minimum atomic E-state index is 0. The molecule has 0 saturated heterocycles. The van der Waals surface area contributed by atoms with Crippen LogP contribution in [0.2, 0.25) is 0 Å². The van der Waals surface area contributed by atoms with E-state index < -0.39 is 0 Å². The first-order valence-electron chi connectivity index (χ1n) is 16.6. The Bertz CT molecular complexity index is 2940. The van der Waals surface area contributed by atoms with Crippen LogP contribution in [-0.4, -0.2) is 19.9 Å². The van der Waals surface area contributed by atoms with Crippen molar-refractivity contribution in [1.29, 1.82) is 0 Å². The van der Waals surface area contributed by atoms with E-state index in [4.69, 9.17) is 29.9 Å². The van der Waals surface area contributed by atoms with Crippen molar-refractivity contribution in [2.24, 2.45) is 0 Å². The molecule has 4 aromatic carbocycles. The van der Waals surface area contributed by atoms with E-state index in [1.165, 1.54) is 0 Å². The van der Waals surface area contributed by atoms with E-state index in [9.17, 15) is 0 Å². The minimum absolute atomic E-state index is 0. The normalized spacial score (nSPS) is 12.1. The average molecular weight is 695 g/mol. The van der Waals surface area contributed by atoms with Crippen molar-refractivity contribution < 1.29 is 16.5 Å². The molecule has 0 radical (unpaired) electrons. The molecule has 0 aliphatic carbocycles. The summed E-state index contributed by atoms with van der Waals surface area (Å²) in [5.74, 6) is 0. The summed E-state index contributed by atoms with van der Waals surface area (Å²) >= 11 is 0. The van der Waals surface area contributed by atoms with Crippen molar-refractivity contribution in [3.63, 3.8) is 0 Å². The van der Waals surface area contributed by atoms with Gasteiger partial charge in [-0.05, 0) is 57.3 Å². The Morgan fingerprint density at radius 3 is 1.24 bits per heavy atom. The molecule has 11 rings (SSSR count). The summed E-state index contributed by atoms with van der Waals surface area (Å²) in [4.78, 5) is 31.8. The fourth-order valence-corrected chi connectivity index (χ4v) is 7.57. The Morgan fingerprint density at radius 2 is 0.765 bits per heavy atom. The molecule has 240 valence electrons. The quantitative estimate of drug-likeness (QED) is 0.168. The first-order valence-corrected chi connectivity index (χ1v) is 16.6. The average Bonchev–Trinajstić information content (AvgIpc) is 3.99. The number of nitrogens with zero attached hydrogens (tertiary/aromatic N) is 6. The van der Waals surface area contributed by atoms with E-state index in [0.717, 1.165) is 110 Å². The molecule has 6 nitrogen and oxygen atoms in total. The molecule has 8 bridgehead atoms. The topological polar surface area (TPSA) is 79.8 Å². The SMILES string of the molecule is C1=Cc2nc1c(-c1ccccc1)c1ccc([n-]1)c1c3ccccc3nc3c4nc5ccccc5c(c5ccc([n-]5)c2-c2ccccc2)c4nc31.[Ni+2]. The zero-order valence-corrected chi connectivity index (χ0v) is 27.8. The first-order chi connectivity index (χ1) is 24.8. The van der Waals surface area contributed by atoms with Gasteiger partial charge in [0.25, 0.3) is 0 Å². The number of pyridine rings is 2. The van der Waals surface area contributed by atoms with Gasteiger partial charge in [0.2, 0.25) is 0 Å². The number of hydrogen-bond acceptors (Lipinski definition) is 4. The second-order valence-corrected chi connectivity index (χ2v) is 12.6. The predicted molar refractivity (Wildman–Crippen MR) is 204 cm³/mol. The molecule has 0 unspecified atom stereocenters. The molecule has 7 heteroatoms. The van der Waals surface area contributed by atoms with Crippen molar-refractivity contribution in [3.8, 4) is 22.3 Å². The smallest absolute Gasteiger partial charge is 0.657 e. The molecular formula is C44H24N6Ni. The Morgan fingerprint density at radius 1 is 0.353 bits per heavy atom. The van der Waals surface area contributed by atoms with Crippen LogP contribution in [0.15, 0.2) is 133 Å². The van der Waals surface area contributed by atoms with Crippen LogP contribution in [0.3, 0.4) is 0 Å². The Balaban J connectivity index is 0.00000327. The van der Waals surface area contributed by atoms with Crippen molar-refractivity contribution >= 4 is 88.9 Å². The fraction of sp³-hybridized carbons (Fsp3) is 0. The standard InChI is InChI=1S/C44H24N6.Ni/c1-3-11-25(12-4-1)37-31-19-20-32(45-31)38(26-13-5-2-6-14-26)34-22-24-36(47-34)40-28-16-8-10-18-30(28)49-44-42(40)50-41-39(35-23-21-33(37)46-35)27-15-7-9-17-29(27)48-43(41)44;/h1-24H;/q-2;+2. The summed E-state index contributed by atoms with van der Waals surface area (Å²) in [7, 11) is 0. The third-order valence-electron chi connectivity index (χ3n) is 9.76. The van der Waals surface area contributed by atoms with Crippen LogP contribution in [0.4, 0.5) is 0 Å². The van der Waals surface area contributed by atoms with Gasteiger partial charge in [0.1, 0.15) is 11.0 Å². The number of rotatable bonds is 2. The molecular weight excluding hydrogens is 671 g/mol. The molecule has 7 heterocycles. The molecule has 6 aromatic heterocycles. The van der Waals surface area contributed by atoms with Gasteiger partial charge in [0, 0.05) is 10.8 Å². The van der Waals surface area contributed by atoms with E-state index in [1.807, 2.05) is 48.5 Å². The minimum Gasteiger partial charge on any atom is -0.657 e. The van der Waals surface area contributed by atoms with Crippen LogP contribution in [0, 0.1) is 0 Å². The van der Waals surface area contributed by atoms with Crippen LogP contribution in [0.25, 0.3) is 111 Å². The van der Waals surface area contributed by atoms with Gasteiger partial charge in [-0.1, -0.05) is 121 Å². The summed E-state index contributed by atoms with van der Waals surface area (Å²) < 4.78 is 0.